The summed E-state index contributed by atoms with van der Waals surface area (Å²) in [6.45, 7) is 10.2. The second-order valence-corrected chi connectivity index (χ2v) is 9.46. The number of anilines is 1. The van der Waals surface area contributed by atoms with Gasteiger partial charge in [0.1, 0.15) is 11.5 Å². The minimum atomic E-state index is -0.103. The molecule has 0 aromatic heterocycles. The van der Waals surface area contributed by atoms with E-state index in [1.54, 1.807) is 7.11 Å². The van der Waals surface area contributed by atoms with Crippen molar-refractivity contribution in [2.75, 3.05) is 44.7 Å². The topological polar surface area (TPSA) is 65.0 Å². The fourth-order valence-corrected chi connectivity index (χ4v) is 5.19. The number of rotatable bonds is 7. The first-order valence-electron chi connectivity index (χ1n) is 12.2. The third kappa shape index (κ3) is 4.96. The number of ether oxygens (including phenoxy) is 1. The van der Waals surface area contributed by atoms with Crippen molar-refractivity contribution in [1.29, 1.82) is 0 Å². The Kier molecular flexibility index (Phi) is 7.13. The van der Waals surface area contributed by atoms with Crippen molar-refractivity contribution in [1.82, 2.24) is 10.2 Å². The highest BCUT2D eigenvalue weighted by molar-refractivity contribution is 5.79. The minimum Gasteiger partial charge on any atom is -0.507 e. The molecule has 2 unspecified atom stereocenters. The Balaban J connectivity index is 1.36. The highest BCUT2D eigenvalue weighted by atomic mass is 16.5. The number of aromatic hydroxyl groups is 1. The number of phenolic OH excluding ortho intramolecular Hbond substituents is 1. The van der Waals surface area contributed by atoms with Crippen molar-refractivity contribution in [2.45, 2.75) is 52.0 Å². The molecule has 6 heteroatoms. The van der Waals surface area contributed by atoms with Crippen LogP contribution in [0.15, 0.2) is 30.3 Å². The Hall–Kier alpha value is -2.73. The molecule has 2 N–H and O–H groups in total. The number of piperazine rings is 1. The molecule has 1 aliphatic heterocycles. The molecule has 1 fully saturated rings. The van der Waals surface area contributed by atoms with Crippen LogP contribution in [0, 0.1) is 6.92 Å². The van der Waals surface area contributed by atoms with E-state index in [2.05, 4.69) is 54.1 Å². The van der Waals surface area contributed by atoms with E-state index in [0.717, 1.165) is 68.0 Å². The van der Waals surface area contributed by atoms with E-state index in [1.165, 1.54) is 11.1 Å². The zero-order chi connectivity index (χ0) is 23.5. The van der Waals surface area contributed by atoms with Crippen LogP contribution < -0.4 is 15.0 Å². The van der Waals surface area contributed by atoms with Crippen LogP contribution in [0.2, 0.25) is 0 Å². The molecule has 4 rings (SSSR count). The zero-order valence-corrected chi connectivity index (χ0v) is 20.4. The van der Waals surface area contributed by atoms with Gasteiger partial charge in [-0.3, -0.25) is 9.69 Å². The van der Waals surface area contributed by atoms with Gasteiger partial charge in [-0.15, -0.1) is 0 Å². The summed E-state index contributed by atoms with van der Waals surface area (Å²) in [5.41, 5.74) is 5.54. The van der Waals surface area contributed by atoms with Crippen molar-refractivity contribution in [3.05, 3.63) is 52.6 Å². The van der Waals surface area contributed by atoms with Crippen LogP contribution in [-0.4, -0.2) is 55.7 Å². The van der Waals surface area contributed by atoms with Gasteiger partial charge in [-0.1, -0.05) is 26.0 Å². The number of hydrogen-bond donors (Lipinski definition) is 2. The third-order valence-electron chi connectivity index (χ3n) is 7.37. The third-order valence-corrected chi connectivity index (χ3v) is 7.37. The molecule has 0 saturated carbocycles. The molecule has 2 aromatic carbocycles. The first-order chi connectivity index (χ1) is 15.9. The number of nitrogens with one attached hydrogen (secondary N) is 1. The van der Waals surface area contributed by atoms with Crippen LogP contribution >= 0.6 is 0 Å². The van der Waals surface area contributed by atoms with Gasteiger partial charge in [0.05, 0.1) is 19.7 Å². The van der Waals surface area contributed by atoms with E-state index in [9.17, 15) is 9.90 Å². The fraction of sp³-hybridized carbons (Fsp3) is 0.519. The summed E-state index contributed by atoms with van der Waals surface area (Å²) < 4.78 is 5.34. The van der Waals surface area contributed by atoms with Crippen LogP contribution in [0.1, 0.15) is 60.9 Å². The van der Waals surface area contributed by atoms with Crippen LogP contribution in [0.3, 0.4) is 0 Å². The van der Waals surface area contributed by atoms with Gasteiger partial charge >= 0.3 is 0 Å². The normalized spacial score (nSPS) is 19.3. The van der Waals surface area contributed by atoms with Crippen molar-refractivity contribution in [3.63, 3.8) is 0 Å². The fourth-order valence-electron chi connectivity index (χ4n) is 5.19. The summed E-state index contributed by atoms with van der Waals surface area (Å²) >= 11 is 0. The Morgan fingerprint density at radius 3 is 2.70 bits per heavy atom. The summed E-state index contributed by atoms with van der Waals surface area (Å²) in [6, 6.07) is 10.2. The number of phenols is 1. The standard InChI is InChI=1S/C27H37N3O3/c1-5-18(2)23-15-19(3)22-9-10-24(26(22)27(23)32)28-25(31)17-29-11-13-30(14-12-29)20-7-6-8-21(16-20)33-4/h6-8,15-16,18,24,32H,5,9-14,17H2,1-4H3,(H,28,31). The second-order valence-electron chi connectivity index (χ2n) is 9.46. The number of benzene rings is 2. The molecule has 1 aliphatic carbocycles. The van der Waals surface area contributed by atoms with Crippen LogP contribution in [0.5, 0.6) is 11.5 Å². The van der Waals surface area contributed by atoms with E-state index in [4.69, 9.17) is 4.74 Å². The Labute approximate surface area is 197 Å². The van der Waals surface area contributed by atoms with Gasteiger partial charge in [0, 0.05) is 43.5 Å². The SMILES string of the molecule is CCC(C)c1cc(C)c2c(c1O)C(NC(=O)CN1CCN(c3cccc(OC)c3)CC1)CC2. The lowest BCUT2D eigenvalue weighted by Crippen LogP contribution is -2.49. The van der Waals surface area contributed by atoms with Crippen LogP contribution in [-0.2, 0) is 11.2 Å². The first-order valence-corrected chi connectivity index (χ1v) is 12.2. The molecule has 2 aromatic rings. The average Bonchev–Trinajstić information content (AvgIpc) is 3.25. The molecule has 0 radical (unpaired) electrons. The van der Waals surface area contributed by atoms with Gasteiger partial charge in [-0.05, 0) is 60.9 Å². The molecular weight excluding hydrogens is 414 g/mol. The lowest BCUT2D eigenvalue weighted by atomic mass is 9.90. The first kappa shape index (κ1) is 23.4. The number of carbonyl (C=O) groups excluding carboxylic acids is 1. The van der Waals surface area contributed by atoms with E-state index in [0.29, 0.717) is 18.2 Å². The summed E-state index contributed by atoms with van der Waals surface area (Å²) in [7, 11) is 1.69. The van der Waals surface area contributed by atoms with E-state index in [1.807, 2.05) is 12.1 Å². The molecule has 6 nitrogen and oxygen atoms in total. The monoisotopic (exact) mass is 451 g/mol. The largest absolute Gasteiger partial charge is 0.507 e. The second kappa shape index (κ2) is 10.0. The zero-order valence-electron chi connectivity index (χ0n) is 20.4. The molecule has 2 atom stereocenters. The number of nitrogens with zero attached hydrogens (tertiary/aromatic N) is 2. The van der Waals surface area contributed by atoms with Crippen molar-refractivity contribution in [3.8, 4) is 11.5 Å². The Morgan fingerprint density at radius 1 is 1.24 bits per heavy atom. The van der Waals surface area contributed by atoms with Gasteiger partial charge in [-0.2, -0.15) is 0 Å². The Bertz CT molecular complexity index is 998. The highest BCUT2D eigenvalue weighted by Gasteiger charge is 2.31. The number of carbonyl (C=O) groups is 1. The molecule has 1 amide bonds. The predicted molar refractivity (Wildman–Crippen MR) is 132 cm³/mol. The molecular formula is C27H37N3O3. The van der Waals surface area contributed by atoms with Gasteiger partial charge < -0.3 is 20.1 Å². The van der Waals surface area contributed by atoms with Crippen LogP contribution in [0.4, 0.5) is 5.69 Å². The van der Waals surface area contributed by atoms with E-state index >= 15 is 0 Å². The summed E-state index contributed by atoms with van der Waals surface area (Å²) in [5, 5.41) is 14.3. The maximum atomic E-state index is 12.9. The smallest absolute Gasteiger partial charge is 0.234 e. The summed E-state index contributed by atoms with van der Waals surface area (Å²) in [6.07, 6.45) is 2.73. The van der Waals surface area contributed by atoms with Gasteiger partial charge in [0.2, 0.25) is 5.91 Å². The highest BCUT2D eigenvalue weighted by Crippen LogP contribution is 2.44. The number of amides is 1. The van der Waals surface area contributed by atoms with Gasteiger partial charge in [0.15, 0.2) is 0 Å². The molecule has 1 heterocycles. The van der Waals surface area contributed by atoms with Crippen molar-refractivity contribution < 1.29 is 14.6 Å². The lowest BCUT2D eigenvalue weighted by molar-refractivity contribution is -0.123. The number of aryl methyl sites for hydroxylation is 1. The molecule has 2 aliphatic rings. The number of methoxy groups -OCH3 is 1. The van der Waals surface area contributed by atoms with Crippen molar-refractivity contribution >= 4 is 11.6 Å². The molecule has 33 heavy (non-hydrogen) atoms. The number of hydrogen-bond acceptors (Lipinski definition) is 5. The number of fused-ring (bicyclic) bond motifs is 1. The molecule has 0 spiro atoms. The van der Waals surface area contributed by atoms with E-state index in [-0.39, 0.29) is 11.9 Å². The van der Waals surface area contributed by atoms with Crippen molar-refractivity contribution in [2.24, 2.45) is 0 Å². The van der Waals surface area contributed by atoms with Gasteiger partial charge in [-0.25, -0.2) is 0 Å². The van der Waals surface area contributed by atoms with E-state index < -0.39 is 0 Å². The molecule has 0 bridgehead atoms. The Morgan fingerprint density at radius 2 is 2.00 bits per heavy atom. The van der Waals surface area contributed by atoms with Crippen LogP contribution in [0.25, 0.3) is 0 Å². The summed E-state index contributed by atoms with van der Waals surface area (Å²) in [4.78, 5) is 17.5. The lowest BCUT2D eigenvalue weighted by Gasteiger charge is -2.36. The molecule has 1 saturated heterocycles. The quantitative estimate of drug-likeness (QED) is 0.662. The average molecular weight is 452 g/mol. The predicted octanol–water partition coefficient (Wildman–Crippen LogP) is 4.15. The maximum absolute atomic E-state index is 12.9. The minimum absolute atomic E-state index is 0.0358. The maximum Gasteiger partial charge on any atom is 0.234 e. The van der Waals surface area contributed by atoms with Gasteiger partial charge in [0.25, 0.3) is 0 Å². The molecule has 178 valence electrons. The summed E-state index contributed by atoms with van der Waals surface area (Å²) in [5.74, 6) is 1.58.